The smallest absolute Gasteiger partial charge is 0.408 e. The SMILES string of the molecule is CC(C)(C)OC(=O)NCC(=O)Nc1ccccc1F. The Bertz CT molecular complexity index is 469. The van der Waals surface area contributed by atoms with E-state index < -0.39 is 23.4 Å². The second-order valence-corrected chi connectivity index (χ2v) is 4.88. The summed E-state index contributed by atoms with van der Waals surface area (Å²) >= 11 is 0. The Hall–Kier alpha value is -2.11. The van der Waals surface area contributed by atoms with E-state index in [4.69, 9.17) is 4.74 Å². The fourth-order valence-corrected chi connectivity index (χ4v) is 1.22. The summed E-state index contributed by atoms with van der Waals surface area (Å²) in [6.45, 7) is 4.85. The van der Waals surface area contributed by atoms with Crippen molar-refractivity contribution < 1.29 is 18.7 Å². The lowest BCUT2D eigenvalue weighted by Crippen LogP contribution is -2.37. The Morgan fingerprint density at radius 1 is 1.26 bits per heavy atom. The monoisotopic (exact) mass is 268 g/mol. The summed E-state index contributed by atoms with van der Waals surface area (Å²) in [5, 5.41) is 4.63. The number of rotatable bonds is 3. The zero-order chi connectivity index (χ0) is 14.5. The number of halogens is 1. The zero-order valence-corrected chi connectivity index (χ0v) is 11.1. The van der Waals surface area contributed by atoms with Gasteiger partial charge >= 0.3 is 6.09 Å². The summed E-state index contributed by atoms with van der Waals surface area (Å²) in [4.78, 5) is 22.8. The third-order valence-corrected chi connectivity index (χ3v) is 1.94. The molecule has 104 valence electrons. The van der Waals surface area contributed by atoms with E-state index in [0.29, 0.717) is 0 Å². The molecule has 0 saturated carbocycles. The summed E-state index contributed by atoms with van der Waals surface area (Å²) in [5.74, 6) is -1.07. The molecule has 0 bridgehead atoms. The third kappa shape index (κ3) is 5.85. The Balaban J connectivity index is 2.41. The molecule has 0 atom stereocenters. The number of amides is 2. The van der Waals surface area contributed by atoms with E-state index in [0.717, 1.165) is 0 Å². The number of carbonyl (C=O) groups excluding carboxylic acids is 2. The van der Waals surface area contributed by atoms with E-state index in [9.17, 15) is 14.0 Å². The van der Waals surface area contributed by atoms with Gasteiger partial charge in [0.15, 0.2) is 0 Å². The van der Waals surface area contributed by atoms with Gasteiger partial charge in [-0.15, -0.1) is 0 Å². The molecule has 6 heteroatoms. The van der Waals surface area contributed by atoms with Crippen molar-refractivity contribution in [2.75, 3.05) is 11.9 Å². The molecule has 0 fully saturated rings. The van der Waals surface area contributed by atoms with Gasteiger partial charge in [0.1, 0.15) is 18.0 Å². The predicted octanol–water partition coefficient (Wildman–Crippen LogP) is 2.29. The van der Waals surface area contributed by atoms with Crippen LogP contribution in [0.3, 0.4) is 0 Å². The van der Waals surface area contributed by atoms with E-state index in [-0.39, 0.29) is 12.2 Å². The second-order valence-electron chi connectivity index (χ2n) is 4.88. The highest BCUT2D eigenvalue weighted by Crippen LogP contribution is 2.11. The minimum Gasteiger partial charge on any atom is -0.444 e. The Morgan fingerprint density at radius 2 is 1.89 bits per heavy atom. The van der Waals surface area contributed by atoms with Gasteiger partial charge < -0.3 is 15.4 Å². The molecule has 2 amide bonds. The molecule has 19 heavy (non-hydrogen) atoms. The highest BCUT2D eigenvalue weighted by atomic mass is 19.1. The summed E-state index contributed by atoms with van der Waals surface area (Å²) < 4.78 is 18.2. The average Bonchev–Trinajstić information content (AvgIpc) is 2.27. The van der Waals surface area contributed by atoms with Gasteiger partial charge in [0, 0.05) is 0 Å². The lowest BCUT2D eigenvalue weighted by Gasteiger charge is -2.19. The third-order valence-electron chi connectivity index (χ3n) is 1.94. The number of carbonyl (C=O) groups is 2. The van der Waals surface area contributed by atoms with Crippen molar-refractivity contribution in [1.82, 2.24) is 5.32 Å². The minimum atomic E-state index is -0.698. The molecule has 1 aromatic carbocycles. The maximum atomic E-state index is 13.2. The Morgan fingerprint density at radius 3 is 2.47 bits per heavy atom. The van der Waals surface area contributed by atoms with Crippen LogP contribution in [0.2, 0.25) is 0 Å². The van der Waals surface area contributed by atoms with Gasteiger partial charge in [0.05, 0.1) is 5.69 Å². The largest absolute Gasteiger partial charge is 0.444 e. The molecule has 0 radical (unpaired) electrons. The summed E-state index contributed by atoms with van der Waals surface area (Å²) in [6, 6.07) is 5.78. The van der Waals surface area contributed by atoms with Crippen LogP contribution >= 0.6 is 0 Å². The van der Waals surface area contributed by atoms with E-state index in [2.05, 4.69) is 10.6 Å². The van der Waals surface area contributed by atoms with Gasteiger partial charge in [0.2, 0.25) is 5.91 Å². The molecule has 0 spiro atoms. The van der Waals surface area contributed by atoms with E-state index >= 15 is 0 Å². The molecule has 0 aliphatic carbocycles. The van der Waals surface area contributed by atoms with Crippen LogP contribution in [0.5, 0.6) is 0 Å². The fourth-order valence-electron chi connectivity index (χ4n) is 1.22. The standard InChI is InChI=1S/C13H17FN2O3/c1-13(2,3)19-12(18)15-8-11(17)16-10-7-5-4-6-9(10)14/h4-7H,8H2,1-3H3,(H,15,18)(H,16,17). The maximum Gasteiger partial charge on any atom is 0.408 e. The predicted molar refractivity (Wildman–Crippen MR) is 69.3 cm³/mol. The van der Waals surface area contributed by atoms with Gasteiger partial charge in [-0.2, -0.15) is 0 Å². The van der Waals surface area contributed by atoms with Gasteiger partial charge in [-0.05, 0) is 32.9 Å². The summed E-state index contributed by atoms with van der Waals surface area (Å²) in [5.41, 5.74) is -0.565. The zero-order valence-electron chi connectivity index (χ0n) is 11.1. The van der Waals surface area contributed by atoms with Crippen LogP contribution in [0.1, 0.15) is 20.8 Å². The Kier molecular flexibility index (Phi) is 4.86. The van der Waals surface area contributed by atoms with Crippen LogP contribution in [-0.4, -0.2) is 24.1 Å². The van der Waals surface area contributed by atoms with Crippen molar-refractivity contribution >= 4 is 17.7 Å². The molecule has 1 rings (SSSR count). The van der Waals surface area contributed by atoms with Crippen molar-refractivity contribution in [2.45, 2.75) is 26.4 Å². The number of para-hydroxylation sites is 1. The molecule has 5 nitrogen and oxygen atoms in total. The van der Waals surface area contributed by atoms with Crippen LogP contribution in [0.25, 0.3) is 0 Å². The first-order chi connectivity index (χ1) is 8.78. The minimum absolute atomic E-state index is 0.0680. The van der Waals surface area contributed by atoms with E-state index in [1.807, 2.05) is 0 Å². The van der Waals surface area contributed by atoms with Crippen molar-refractivity contribution in [1.29, 1.82) is 0 Å². The number of hydrogen-bond acceptors (Lipinski definition) is 3. The fraction of sp³-hybridized carbons (Fsp3) is 0.385. The van der Waals surface area contributed by atoms with Crippen LogP contribution < -0.4 is 10.6 Å². The van der Waals surface area contributed by atoms with Crippen LogP contribution in [0, 0.1) is 5.82 Å². The molecular weight excluding hydrogens is 251 g/mol. The van der Waals surface area contributed by atoms with Crippen molar-refractivity contribution in [3.05, 3.63) is 30.1 Å². The number of hydrogen-bond donors (Lipinski definition) is 2. The lowest BCUT2D eigenvalue weighted by atomic mass is 10.2. The molecule has 1 aromatic rings. The molecule has 2 N–H and O–H groups in total. The van der Waals surface area contributed by atoms with Gasteiger partial charge in [-0.25, -0.2) is 9.18 Å². The number of nitrogens with one attached hydrogen (secondary N) is 2. The summed E-state index contributed by atoms with van der Waals surface area (Å²) in [6.07, 6.45) is -0.698. The topological polar surface area (TPSA) is 67.4 Å². The number of ether oxygens (including phenoxy) is 1. The van der Waals surface area contributed by atoms with E-state index in [1.165, 1.54) is 18.2 Å². The average molecular weight is 268 g/mol. The molecule has 0 heterocycles. The molecular formula is C13H17FN2O3. The highest BCUT2D eigenvalue weighted by Gasteiger charge is 2.16. The maximum absolute atomic E-state index is 13.2. The molecule has 0 aliphatic heterocycles. The van der Waals surface area contributed by atoms with Gasteiger partial charge in [-0.3, -0.25) is 4.79 Å². The molecule has 0 aromatic heterocycles. The van der Waals surface area contributed by atoms with Crippen molar-refractivity contribution in [2.24, 2.45) is 0 Å². The second kappa shape index (κ2) is 6.17. The van der Waals surface area contributed by atoms with Crippen LogP contribution in [0.15, 0.2) is 24.3 Å². The van der Waals surface area contributed by atoms with Crippen LogP contribution in [-0.2, 0) is 9.53 Å². The highest BCUT2D eigenvalue weighted by molar-refractivity contribution is 5.93. The van der Waals surface area contributed by atoms with Gasteiger partial charge in [-0.1, -0.05) is 12.1 Å². The van der Waals surface area contributed by atoms with Crippen molar-refractivity contribution in [3.8, 4) is 0 Å². The Labute approximate surface area is 111 Å². The first kappa shape index (κ1) is 14.9. The first-order valence-corrected chi connectivity index (χ1v) is 5.79. The first-order valence-electron chi connectivity index (χ1n) is 5.79. The number of benzene rings is 1. The van der Waals surface area contributed by atoms with Gasteiger partial charge in [0.25, 0.3) is 0 Å². The number of anilines is 1. The normalized spacial score (nSPS) is 10.7. The van der Waals surface area contributed by atoms with Crippen molar-refractivity contribution in [3.63, 3.8) is 0 Å². The summed E-state index contributed by atoms with van der Waals surface area (Å²) in [7, 11) is 0. The lowest BCUT2D eigenvalue weighted by molar-refractivity contribution is -0.115. The molecule has 0 aliphatic rings. The molecule has 0 unspecified atom stereocenters. The number of alkyl carbamates (subject to hydrolysis) is 1. The van der Waals surface area contributed by atoms with Crippen LogP contribution in [0.4, 0.5) is 14.9 Å². The van der Waals surface area contributed by atoms with E-state index in [1.54, 1.807) is 26.8 Å². The quantitative estimate of drug-likeness (QED) is 0.883. The molecule has 0 saturated heterocycles.